The highest BCUT2D eigenvalue weighted by Crippen LogP contribution is 2.17. The maximum absolute atomic E-state index is 11.6. The minimum absolute atomic E-state index is 0.0179. The van der Waals surface area contributed by atoms with Crippen molar-refractivity contribution >= 4 is 25.5 Å². The molecule has 1 N–H and O–H groups in total. The molecule has 0 bridgehead atoms. The predicted octanol–water partition coefficient (Wildman–Crippen LogP) is 1.63. The van der Waals surface area contributed by atoms with Crippen LogP contribution in [-0.2, 0) is 19.9 Å². The Labute approximate surface area is 108 Å². The van der Waals surface area contributed by atoms with Crippen molar-refractivity contribution in [2.24, 2.45) is 0 Å². The number of sulfonamides is 1. The molecular formula is C11H17NO4S2. The van der Waals surface area contributed by atoms with Gasteiger partial charge in [0.05, 0.1) is 15.9 Å². The van der Waals surface area contributed by atoms with Gasteiger partial charge in [-0.15, -0.1) is 0 Å². The summed E-state index contributed by atoms with van der Waals surface area (Å²) in [5, 5.41) is -0.545. The van der Waals surface area contributed by atoms with Gasteiger partial charge >= 0.3 is 0 Å². The molecular weight excluding hydrogens is 274 g/mol. The zero-order valence-electron chi connectivity index (χ0n) is 10.5. The monoisotopic (exact) mass is 291 g/mol. The SMILES string of the molecule is CCS(=O)(=O)c1ccc(NS(=O)(=O)C(C)C)cc1. The van der Waals surface area contributed by atoms with Gasteiger partial charge in [-0.05, 0) is 38.1 Å². The summed E-state index contributed by atoms with van der Waals surface area (Å²) >= 11 is 0. The van der Waals surface area contributed by atoms with Gasteiger partial charge in [0.1, 0.15) is 0 Å². The second kappa shape index (κ2) is 5.27. The van der Waals surface area contributed by atoms with Gasteiger partial charge in [0.25, 0.3) is 0 Å². The first kappa shape index (κ1) is 15.0. The fourth-order valence-corrected chi connectivity index (χ4v) is 2.76. The summed E-state index contributed by atoms with van der Waals surface area (Å²) in [4.78, 5) is 0.192. The Morgan fingerprint density at radius 2 is 1.56 bits per heavy atom. The van der Waals surface area contributed by atoms with Crippen LogP contribution in [0.1, 0.15) is 20.8 Å². The van der Waals surface area contributed by atoms with Gasteiger partial charge in [0.15, 0.2) is 9.84 Å². The molecule has 0 aliphatic rings. The highest BCUT2D eigenvalue weighted by Gasteiger charge is 2.16. The van der Waals surface area contributed by atoms with E-state index in [1.54, 1.807) is 20.8 Å². The summed E-state index contributed by atoms with van der Waals surface area (Å²) < 4.78 is 48.7. The zero-order valence-corrected chi connectivity index (χ0v) is 12.2. The van der Waals surface area contributed by atoms with Crippen LogP contribution in [0.15, 0.2) is 29.2 Å². The van der Waals surface area contributed by atoms with E-state index in [1.165, 1.54) is 24.3 Å². The summed E-state index contributed by atoms with van der Waals surface area (Å²) in [7, 11) is -6.66. The highest BCUT2D eigenvalue weighted by molar-refractivity contribution is 7.93. The summed E-state index contributed by atoms with van der Waals surface area (Å²) in [6, 6.07) is 5.69. The van der Waals surface area contributed by atoms with Crippen LogP contribution >= 0.6 is 0 Å². The van der Waals surface area contributed by atoms with Crippen LogP contribution in [0.4, 0.5) is 5.69 Å². The number of hydrogen-bond donors (Lipinski definition) is 1. The molecule has 0 radical (unpaired) electrons. The normalized spacial score (nSPS) is 12.7. The number of hydrogen-bond acceptors (Lipinski definition) is 4. The lowest BCUT2D eigenvalue weighted by atomic mass is 10.3. The van der Waals surface area contributed by atoms with Crippen molar-refractivity contribution in [3.8, 4) is 0 Å². The minimum Gasteiger partial charge on any atom is -0.283 e. The Bertz CT molecular complexity index is 601. The van der Waals surface area contributed by atoms with Gasteiger partial charge in [-0.3, -0.25) is 4.72 Å². The average molecular weight is 291 g/mol. The molecule has 1 aromatic rings. The van der Waals surface area contributed by atoms with Crippen LogP contribution in [0.5, 0.6) is 0 Å². The first-order chi connectivity index (χ1) is 8.19. The van der Waals surface area contributed by atoms with Crippen LogP contribution in [0.2, 0.25) is 0 Å². The summed E-state index contributed by atoms with van der Waals surface area (Å²) in [5.74, 6) is 0.0179. The smallest absolute Gasteiger partial charge is 0.235 e. The molecule has 0 heterocycles. The fourth-order valence-electron chi connectivity index (χ4n) is 1.18. The molecule has 0 saturated heterocycles. The molecule has 0 aliphatic carbocycles. The van der Waals surface area contributed by atoms with Crippen molar-refractivity contribution < 1.29 is 16.8 Å². The summed E-state index contributed by atoms with van der Waals surface area (Å²) in [6.45, 7) is 4.70. The Balaban J connectivity index is 2.99. The topological polar surface area (TPSA) is 80.3 Å². The number of anilines is 1. The van der Waals surface area contributed by atoms with Gasteiger partial charge in [-0.1, -0.05) is 6.92 Å². The Morgan fingerprint density at radius 1 is 1.06 bits per heavy atom. The molecule has 102 valence electrons. The van der Waals surface area contributed by atoms with Gasteiger partial charge < -0.3 is 0 Å². The molecule has 0 aromatic heterocycles. The lowest BCUT2D eigenvalue weighted by molar-refractivity contribution is 0.592. The minimum atomic E-state index is -3.40. The number of sulfone groups is 1. The van der Waals surface area contributed by atoms with Crippen molar-refractivity contribution in [2.45, 2.75) is 30.9 Å². The van der Waals surface area contributed by atoms with Gasteiger partial charge in [-0.25, -0.2) is 16.8 Å². The molecule has 1 rings (SSSR count). The van der Waals surface area contributed by atoms with E-state index in [4.69, 9.17) is 0 Å². The lowest BCUT2D eigenvalue weighted by Crippen LogP contribution is -2.22. The third-order valence-corrected chi connectivity index (χ3v) is 5.99. The van der Waals surface area contributed by atoms with Gasteiger partial charge in [0.2, 0.25) is 10.0 Å². The van der Waals surface area contributed by atoms with Crippen molar-refractivity contribution in [2.75, 3.05) is 10.5 Å². The van der Waals surface area contributed by atoms with Gasteiger partial charge in [0, 0.05) is 5.69 Å². The molecule has 0 saturated carbocycles. The second-order valence-electron chi connectivity index (χ2n) is 4.12. The first-order valence-corrected chi connectivity index (χ1v) is 8.73. The Hall–Kier alpha value is -1.08. The fraction of sp³-hybridized carbons (Fsp3) is 0.455. The van der Waals surface area contributed by atoms with Crippen molar-refractivity contribution in [1.29, 1.82) is 0 Å². The first-order valence-electron chi connectivity index (χ1n) is 5.53. The molecule has 0 atom stereocenters. The van der Waals surface area contributed by atoms with Crippen LogP contribution < -0.4 is 4.72 Å². The van der Waals surface area contributed by atoms with E-state index in [9.17, 15) is 16.8 Å². The standard InChI is InChI=1S/C11H17NO4S2/c1-4-17(13,14)11-7-5-10(6-8-11)12-18(15,16)9(2)3/h5-9,12H,4H2,1-3H3. The van der Waals surface area contributed by atoms with E-state index in [2.05, 4.69) is 4.72 Å². The molecule has 0 amide bonds. The molecule has 0 spiro atoms. The van der Waals surface area contributed by atoms with Gasteiger partial charge in [-0.2, -0.15) is 0 Å². The van der Waals surface area contributed by atoms with Crippen molar-refractivity contribution in [3.63, 3.8) is 0 Å². The van der Waals surface area contributed by atoms with Crippen LogP contribution in [0.25, 0.3) is 0 Å². The van der Waals surface area contributed by atoms with Crippen molar-refractivity contribution in [3.05, 3.63) is 24.3 Å². The third-order valence-electron chi connectivity index (χ3n) is 2.47. The number of rotatable bonds is 5. The van der Waals surface area contributed by atoms with Crippen LogP contribution in [0, 0.1) is 0 Å². The van der Waals surface area contributed by atoms with Crippen molar-refractivity contribution in [1.82, 2.24) is 0 Å². The maximum atomic E-state index is 11.6. The summed E-state index contributed by atoms with van der Waals surface area (Å²) in [5.41, 5.74) is 0.360. The van der Waals surface area contributed by atoms with E-state index in [0.717, 1.165) is 0 Å². The van der Waals surface area contributed by atoms with E-state index >= 15 is 0 Å². The molecule has 5 nitrogen and oxygen atoms in total. The van der Waals surface area contributed by atoms with E-state index < -0.39 is 25.1 Å². The third kappa shape index (κ3) is 3.46. The Morgan fingerprint density at radius 3 is 1.94 bits per heavy atom. The van der Waals surface area contributed by atoms with E-state index in [1.807, 2.05) is 0 Å². The highest BCUT2D eigenvalue weighted by atomic mass is 32.2. The summed E-state index contributed by atoms with van der Waals surface area (Å²) in [6.07, 6.45) is 0. The number of nitrogens with one attached hydrogen (secondary N) is 1. The maximum Gasteiger partial charge on any atom is 0.235 e. The molecule has 0 fully saturated rings. The second-order valence-corrected chi connectivity index (χ2v) is 8.64. The largest absolute Gasteiger partial charge is 0.283 e. The zero-order chi connectivity index (χ0) is 14.0. The number of benzene rings is 1. The molecule has 7 heteroatoms. The molecule has 18 heavy (non-hydrogen) atoms. The average Bonchev–Trinajstić information content (AvgIpc) is 2.29. The molecule has 1 aromatic carbocycles. The molecule has 0 unspecified atom stereocenters. The quantitative estimate of drug-likeness (QED) is 0.894. The van der Waals surface area contributed by atoms with Crippen LogP contribution in [0.3, 0.4) is 0 Å². The lowest BCUT2D eigenvalue weighted by Gasteiger charge is -2.11. The molecule has 0 aliphatic heterocycles. The Kier molecular flexibility index (Phi) is 4.39. The van der Waals surface area contributed by atoms with Crippen LogP contribution in [-0.4, -0.2) is 27.8 Å². The van der Waals surface area contributed by atoms with E-state index in [0.29, 0.717) is 5.69 Å². The predicted molar refractivity (Wildman–Crippen MR) is 71.8 cm³/mol. The van der Waals surface area contributed by atoms with E-state index in [-0.39, 0.29) is 10.6 Å².